The zero-order chi connectivity index (χ0) is 21.1. The van der Waals surface area contributed by atoms with Crippen LogP contribution in [0, 0.1) is 17.3 Å². The van der Waals surface area contributed by atoms with Crippen molar-refractivity contribution in [1.29, 1.82) is 0 Å². The normalized spacial score (nSPS) is 36.1. The Kier molecular flexibility index (Phi) is 4.69. The van der Waals surface area contributed by atoms with E-state index < -0.39 is 11.7 Å². The molecule has 5 rings (SSSR count). The molecule has 2 fully saturated rings. The molecule has 0 saturated heterocycles. The fraction of sp³-hybridized carbons (Fsp3) is 0.652. The molecular weight excluding hydrogens is 382 g/mol. The lowest BCUT2D eigenvalue weighted by atomic mass is 9.53. The Hall–Kier alpha value is -1.96. The van der Waals surface area contributed by atoms with Gasteiger partial charge in [0.1, 0.15) is 17.0 Å². The summed E-state index contributed by atoms with van der Waals surface area (Å²) < 4.78 is 1.51. The molecule has 0 amide bonds. The van der Waals surface area contributed by atoms with E-state index in [-0.39, 0.29) is 18.6 Å². The molecule has 1 aromatic carbocycles. The molecule has 0 spiro atoms. The van der Waals surface area contributed by atoms with Crippen molar-refractivity contribution >= 4 is 0 Å². The van der Waals surface area contributed by atoms with Gasteiger partial charge in [0.15, 0.2) is 0 Å². The highest BCUT2D eigenvalue weighted by Crippen LogP contribution is 2.66. The van der Waals surface area contributed by atoms with Crippen molar-refractivity contribution in [2.24, 2.45) is 17.3 Å². The Morgan fingerprint density at radius 1 is 1.23 bits per heavy atom. The van der Waals surface area contributed by atoms with Gasteiger partial charge in [-0.3, -0.25) is 0 Å². The van der Waals surface area contributed by atoms with Gasteiger partial charge in [-0.05, 0) is 79.5 Å². The van der Waals surface area contributed by atoms with E-state index in [1.807, 2.05) is 6.07 Å². The van der Waals surface area contributed by atoms with E-state index in [0.717, 1.165) is 32.1 Å². The Morgan fingerprint density at radius 2 is 2.07 bits per heavy atom. The average molecular weight is 414 g/mol. The molecule has 1 unspecified atom stereocenters. The first-order chi connectivity index (χ1) is 14.4. The summed E-state index contributed by atoms with van der Waals surface area (Å²) in [5.41, 5.74) is 1.94. The summed E-state index contributed by atoms with van der Waals surface area (Å²) in [4.78, 5) is 0. The highest BCUT2D eigenvalue weighted by Gasteiger charge is 2.63. The molecule has 1 heterocycles. The summed E-state index contributed by atoms with van der Waals surface area (Å²) in [7, 11) is 0. The highest BCUT2D eigenvalue weighted by atomic mass is 16.3. The van der Waals surface area contributed by atoms with Crippen molar-refractivity contribution in [3.63, 3.8) is 0 Å². The molecule has 7 heteroatoms. The van der Waals surface area contributed by atoms with Gasteiger partial charge in [0.2, 0.25) is 0 Å². The molecule has 162 valence electrons. The van der Waals surface area contributed by atoms with Gasteiger partial charge in [0.05, 0.1) is 25.5 Å². The fourth-order valence-electron chi connectivity index (χ4n) is 6.86. The van der Waals surface area contributed by atoms with Crippen molar-refractivity contribution in [1.82, 2.24) is 15.0 Å². The van der Waals surface area contributed by atoms with Crippen LogP contribution in [-0.2, 0) is 18.6 Å². The van der Waals surface area contributed by atoms with Crippen LogP contribution in [0.4, 0.5) is 0 Å². The zero-order valence-corrected chi connectivity index (χ0v) is 17.4. The largest absolute Gasteiger partial charge is 0.508 e. The molecule has 4 N–H and O–H groups in total. The number of nitrogens with zero attached hydrogens (tertiary/aromatic N) is 3. The lowest BCUT2D eigenvalue weighted by Gasteiger charge is -2.52. The van der Waals surface area contributed by atoms with Gasteiger partial charge < -0.3 is 20.4 Å². The van der Waals surface area contributed by atoms with Crippen LogP contribution in [0.5, 0.6) is 5.75 Å². The number of phenolic OH excluding ortho intramolecular Hbond substituents is 1. The highest BCUT2D eigenvalue weighted by molar-refractivity contribution is 5.40. The molecule has 0 bridgehead atoms. The quantitative estimate of drug-likeness (QED) is 0.611. The topological polar surface area (TPSA) is 112 Å². The smallest absolute Gasteiger partial charge is 0.116 e. The lowest BCUT2D eigenvalue weighted by molar-refractivity contribution is -0.111. The van der Waals surface area contributed by atoms with Crippen LogP contribution in [-0.4, -0.2) is 48.1 Å². The van der Waals surface area contributed by atoms with Crippen LogP contribution < -0.4 is 0 Å². The van der Waals surface area contributed by atoms with Crippen LogP contribution in [0.3, 0.4) is 0 Å². The van der Waals surface area contributed by atoms with E-state index in [4.69, 9.17) is 5.11 Å². The number of aryl methyl sites for hydroxylation is 1. The van der Waals surface area contributed by atoms with Gasteiger partial charge in [-0.15, -0.1) is 5.10 Å². The van der Waals surface area contributed by atoms with Gasteiger partial charge in [0, 0.05) is 5.41 Å². The van der Waals surface area contributed by atoms with Crippen molar-refractivity contribution in [3.05, 3.63) is 41.2 Å². The summed E-state index contributed by atoms with van der Waals surface area (Å²) in [5.74, 6) is 1.78. The maximum atomic E-state index is 11.9. The minimum Gasteiger partial charge on any atom is -0.508 e. The summed E-state index contributed by atoms with van der Waals surface area (Å²) in [6, 6.07) is 5.83. The number of phenols is 1. The molecule has 30 heavy (non-hydrogen) atoms. The Bertz CT molecular complexity index is 946. The third kappa shape index (κ3) is 2.82. The molecule has 1 aromatic heterocycles. The second-order valence-electron chi connectivity index (χ2n) is 9.82. The molecule has 2 saturated carbocycles. The predicted octanol–water partition coefficient (Wildman–Crippen LogP) is 2.08. The number of aliphatic hydroxyl groups excluding tert-OH is 2. The van der Waals surface area contributed by atoms with Crippen molar-refractivity contribution in [2.45, 2.75) is 69.6 Å². The summed E-state index contributed by atoms with van der Waals surface area (Å²) in [6.45, 7) is 2.05. The van der Waals surface area contributed by atoms with E-state index in [1.54, 1.807) is 12.3 Å². The number of benzene rings is 1. The SMILES string of the molecule is C[C@]12CC[C@@H]3c4ccc(O)cc4CC[C@H]3[C@@H]1CC[C@@]2(O)c1cn(CC(O)CO)nn1. The first-order valence-electron chi connectivity index (χ1n) is 11.1. The minimum atomic E-state index is -1.03. The summed E-state index contributed by atoms with van der Waals surface area (Å²) >= 11 is 0. The van der Waals surface area contributed by atoms with Gasteiger partial charge in [-0.25, -0.2) is 4.68 Å². The van der Waals surface area contributed by atoms with E-state index in [1.165, 1.54) is 15.8 Å². The Balaban J connectivity index is 1.43. The number of aliphatic hydroxyl groups is 3. The maximum absolute atomic E-state index is 11.9. The minimum absolute atomic E-state index is 0.161. The van der Waals surface area contributed by atoms with Crippen LogP contribution in [0.25, 0.3) is 0 Å². The van der Waals surface area contributed by atoms with Crippen LogP contribution in [0.2, 0.25) is 0 Å². The van der Waals surface area contributed by atoms with Gasteiger partial charge in [0.25, 0.3) is 0 Å². The van der Waals surface area contributed by atoms with Crippen LogP contribution in [0.15, 0.2) is 24.4 Å². The first kappa shape index (κ1) is 20.0. The fourth-order valence-corrected chi connectivity index (χ4v) is 6.86. The number of fused-ring (bicyclic) bond motifs is 5. The second kappa shape index (κ2) is 7.04. The Labute approximate surface area is 176 Å². The summed E-state index contributed by atoms with van der Waals surface area (Å²) in [6.07, 6.45) is 6.49. The molecule has 6 atom stereocenters. The Morgan fingerprint density at radius 3 is 2.87 bits per heavy atom. The summed E-state index contributed by atoms with van der Waals surface area (Å²) in [5, 5.41) is 48.9. The molecule has 3 aliphatic carbocycles. The van der Waals surface area contributed by atoms with Gasteiger partial charge >= 0.3 is 0 Å². The van der Waals surface area contributed by atoms with Crippen LogP contribution in [0.1, 0.15) is 61.8 Å². The number of rotatable bonds is 4. The standard InChI is InChI=1S/C23H31N3O4/c1-22-8-6-18-17-5-3-15(28)10-14(17)2-4-19(18)20(22)7-9-23(22,30)21-12-26(25-24-21)11-16(29)13-27/h3,5,10,12,16,18-20,27-30H,2,4,6-9,11,13H2,1H3/t16?,18-,19-,20+,22+,23-/m1/s1. The van der Waals surface area contributed by atoms with Crippen LogP contribution >= 0.6 is 0 Å². The number of aromatic hydroxyl groups is 1. The number of hydrogen-bond donors (Lipinski definition) is 4. The third-order valence-electron chi connectivity index (χ3n) is 8.43. The van der Waals surface area contributed by atoms with Gasteiger partial charge in [-0.1, -0.05) is 18.2 Å². The molecular formula is C23H31N3O4. The number of aromatic nitrogens is 3. The first-order valence-corrected chi connectivity index (χ1v) is 11.1. The number of hydrogen-bond acceptors (Lipinski definition) is 6. The van der Waals surface area contributed by atoms with Crippen molar-refractivity contribution in [2.75, 3.05) is 6.61 Å². The third-order valence-corrected chi connectivity index (χ3v) is 8.43. The zero-order valence-electron chi connectivity index (χ0n) is 17.4. The van der Waals surface area contributed by atoms with Crippen molar-refractivity contribution in [3.8, 4) is 5.75 Å². The van der Waals surface area contributed by atoms with Gasteiger partial charge in [-0.2, -0.15) is 0 Å². The second-order valence-corrected chi connectivity index (χ2v) is 9.82. The molecule has 2 aromatic rings. The maximum Gasteiger partial charge on any atom is 0.116 e. The van der Waals surface area contributed by atoms with E-state index in [0.29, 0.717) is 35.6 Å². The molecule has 0 radical (unpaired) electrons. The lowest BCUT2D eigenvalue weighted by Crippen LogP contribution is -2.49. The van der Waals surface area contributed by atoms with E-state index in [2.05, 4.69) is 23.3 Å². The average Bonchev–Trinajstić information content (AvgIpc) is 3.31. The van der Waals surface area contributed by atoms with Crippen molar-refractivity contribution < 1.29 is 20.4 Å². The van der Waals surface area contributed by atoms with E-state index in [9.17, 15) is 15.3 Å². The molecule has 7 nitrogen and oxygen atoms in total. The molecule has 3 aliphatic rings. The monoisotopic (exact) mass is 413 g/mol. The van der Waals surface area contributed by atoms with E-state index >= 15 is 0 Å². The predicted molar refractivity (Wildman–Crippen MR) is 110 cm³/mol. The molecule has 0 aliphatic heterocycles.